The Kier molecular flexibility index (Phi) is 1.59. The largest absolute Gasteiger partial charge is 0.322 e. The highest BCUT2D eigenvalue weighted by atomic mass is 16.1. The van der Waals surface area contributed by atoms with Crippen LogP contribution >= 0.6 is 0 Å². The first-order chi connectivity index (χ1) is 7.34. The van der Waals surface area contributed by atoms with Gasteiger partial charge in [-0.05, 0) is 12.1 Å². The van der Waals surface area contributed by atoms with Gasteiger partial charge in [0, 0.05) is 36.1 Å². The van der Waals surface area contributed by atoms with Crippen LogP contribution < -0.4 is 5.43 Å². The number of fused-ring (bicyclic) bond motifs is 3. The highest BCUT2D eigenvalue weighted by molar-refractivity contribution is 5.91. The summed E-state index contributed by atoms with van der Waals surface area (Å²) in [5, 5.41) is 1.04. The first-order valence-electron chi connectivity index (χ1n) is 4.70. The minimum absolute atomic E-state index is 0.00755. The van der Waals surface area contributed by atoms with Crippen molar-refractivity contribution in [1.82, 2.24) is 9.38 Å². The molecule has 0 aliphatic rings. The van der Waals surface area contributed by atoms with E-state index >= 15 is 0 Å². The van der Waals surface area contributed by atoms with E-state index < -0.39 is 0 Å². The van der Waals surface area contributed by atoms with Crippen molar-refractivity contribution in [1.29, 1.82) is 0 Å². The molecule has 3 heterocycles. The molecule has 0 unspecified atom stereocenters. The summed E-state index contributed by atoms with van der Waals surface area (Å²) in [5.74, 6) is 0. The van der Waals surface area contributed by atoms with Crippen LogP contribution in [0.1, 0.15) is 0 Å². The third-order valence-electron chi connectivity index (χ3n) is 2.45. The van der Waals surface area contributed by atoms with Crippen molar-refractivity contribution in [3.63, 3.8) is 0 Å². The standard InChI is InChI=1S/C12H8N2O/c15-10-4-7-14-6-3-9-2-1-5-13-12(9)11(14)8-10/h1-8H. The first-order valence-corrected chi connectivity index (χ1v) is 4.70. The summed E-state index contributed by atoms with van der Waals surface area (Å²) in [6, 6.07) is 9.01. The number of nitrogens with zero attached hydrogens (tertiary/aromatic N) is 2. The molecule has 0 amide bonds. The van der Waals surface area contributed by atoms with Crippen LogP contribution in [0.4, 0.5) is 0 Å². The zero-order valence-corrected chi connectivity index (χ0v) is 7.92. The van der Waals surface area contributed by atoms with Gasteiger partial charge in [-0.15, -0.1) is 0 Å². The molecular weight excluding hydrogens is 188 g/mol. The van der Waals surface area contributed by atoms with Crippen molar-refractivity contribution in [3.8, 4) is 0 Å². The third-order valence-corrected chi connectivity index (χ3v) is 2.45. The predicted molar refractivity (Wildman–Crippen MR) is 59.0 cm³/mol. The third kappa shape index (κ3) is 1.21. The van der Waals surface area contributed by atoms with Gasteiger partial charge in [0.15, 0.2) is 5.43 Å². The topological polar surface area (TPSA) is 34.4 Å². The molecule has 3 aromatic rings. The fourth-order valence-electron chi connectivity index (χ4n) is 1.74. The average Bonchev–Trinajstić information content (AvgIpc) is 2.29. The van der Waals surface area contributed by atoms with Crippen molar-refractivity contribution in [2.24, 2.45) is 0 Å². The molecule has 0 aliphatic heterocycles. The molecule has 72 valence electrons. The molecule has 3 heteroatoms. The summed E-state index contributed by atoms with van der Waals surface area (Å²) in [7, 11) is 0. The molecule has 3 nitrogen and oxygen atoms in total. The monoisotopic (exact) mass is 196 g/mol. The molecule has 0 saturated heterocycles. The predicted octanol–water partition coefficient (Wildman–Crippen LogP) is 1.85. The maximum absolute atomic E-state index is 11.3. The highest BCUT2D eigenvalue weighted by Crippen LogP contribution is 2.15. The average molecular weight is 196 g/mol. The van der Waals surface area contributed by atoms with Gasteiger partial charge < -0.3 is 4.40 Å². The van der Waals surface area contributed by atoms with Crippen molar-refractivity contribution in [2.75, 3.05) is 0 Å². The van der Waals surface area contributed by atoms with Crippen molar-refractivity contribution >= 4 is 16.4 Å². The first kappa shape index (κ1) is 8.17. The minimum atomic E-state index is 0.00755. The lowest BCUT2D eigenvalue weighted by Crippen LogP contribution is -2.00. The van der Waals surface area contributed by atoms with Crippen LogP contribution in [0, 0.1) is 0 Å². The molecule has 0 atom stereocenters. The zero-order chi connectivity index (χ0) is 10.3. The van der Waals surface area contributed by atoms with Gasteiger partial charge in [0.2, 0.25) is 0 Å². The van der Waals surface area contributed by atoms with Gasteiger partial charge >= 0.3 is 0 Å². The maximum Gasteiger partial charge on any atom is 0.182 e. The van der Waals surface area contributed by atoms with Gasteiger partial charge in [0.25, 0.3) is 0 Å². The number of hydrogen-bond acceptors (Lipinski definition) is 2. The lowest BCUT2D eigenvalue weighted by atomic mass is 10.2. The van der Waals surface area contributed by atoms with Crippen molar-refractivity contribution < 1.29 is 0 Å². The second-order valence-corrected chi connectivity index (χ2v) is 3.41. The SMILES string of the molecule is O=c1ccn2ccc3cccnc3c2c1. The van der Waals surface area contributed by atoms with Gasteiger partial charge in [-0.1, -0.05) is 6.07 Å². The quantitative estimate of drug-likeness (QED) is 0.514. The smallest absolute Gasteiger partial charge is 0.182 e. The second-order valence-electron chi connectivity index (χ2n) is 3.41. The lowest BCUT2D eigenvalue weighted by molar-refractivity contribution is 1.16. The molecule has 0 spiro atoms. The molecule has 0 aromatic carbocycles. The number of rotatable bonds is 0. The van der Waals surface area contributed by atoms with Crippen molar-refractivity contribution in [3.05, 3.63) is 59.1 Å². The van der Waals surface area contributed by atoms with E-state index in [1.807, 2.05) is 28.8 Å². The van der Waals surface area contributed by atoms with Gasteiger partial charge in [-0.2, -0.15) is 0 Å². The molecule has 0 N–H and O–H groups in total. The van der Waals surface area contributed by atoms with Crippen LogP contribution in [0.15, 0.2) is 53.7 Å². The van der Waals surface area contributed by atoms with Crippen LogP contribution in [0.2, 0.25) is 0 Å². The summed E-state index contributed by atoms with van der Waals surface area (Å²) in [4.78, 5) is 15.6. The zero-order valence-electron chi connectivity index (χ0n) is 7.92. The van der Waals surface area contributed by atoms with Crippen LogP contribution in [0.25, 0.3) is 16.4 Å². The van der Waals surface area contributed by atoms with Gasteiger partial charge in [0.1, 0.15) is 0 Å². The summed E-state index contributed by atoms with van der Waals surface area (Å²) >= 11 is 0. The van der Waals surface area contributed by atoms with E-state index in [0.717, 1.165) is 16.4 Å². The molecule has 0 fully saturated rings. The Morgan fingerprint density at radius 2 is 2.00 bits per heavy atom. The van der Waals surface area contributed by atoms with Crippen LogP contribution in [-0.2, 0) is 0 Å². The Balaban J connectivity index is 2.63. The van der Waals surface area contributed by atoms with Gasteiger partial charge in [0.05, 0.1) is 11.0 Å². The number of pyridine rings is 3. The normalized spacial score (nSPS) is 10.9. The Labute approximate surface area is 85.6 Å². The number of aromatic nitrogens is 2. The van der Waals surface area contributed by atoms with E-state index in [4.69, 9.17) is 0 Å². The van der Waals surface area contributed by atoms with E-state index in [9.17, 15) is 4.79 Å². The molecular formula is C12H8N2O. The van der Waals surface area contributed by atoms with E-state index in [-0.39, 0.29) is 5.43 Å². The lowest BCUT2D eigenvalue weighted by Gasteiger charge is -2.03. The Morgan fingerprint density at radius 1 is 1.13 bits per heavy atom. The minimum Gasteiger partial charge on any atom is -0.322 e. The summed E-state index contributed by atoms with van der Waals surface area (Å²) in [6.07, 6.45) is 5.42. The van der Waals surface area contributed by atoms with E-state index in [1.165, 1.54) is 0 Å². The summed E-state index contributed by atoms with van der Waals surface area (Å²) in [5.41, 5.74) is 1.71. The Hall–Kier alpha value is -2.16. The summed E-state index contributed by atoms with van der Waals surface area (Å²) in [6.45, 7) is 0. The molecule has 3 aromatic heterocycles. The Bertz CT molecular complexity index is 700. The van der Waals surface area contributed by atoms with Crippen LogP contribution in [0.5, 0.6) is 0 Å². The van der Waals surface area contributed by atoms with E-state index in [2.05, 4.69) is 4.98 Å². The fourth-order valence-corrected chi connectivity index (χ4v) is 1.74. The van der Waals surface area contributed by atoms with Crippen molar-refractivity contribution in [2.45, 2.75) is 0 Å². The highest BCUT2D eigenvalue weighted by Gasteiger charge is 1.99. The molecule has 0 radical (unpaired) electrons. The van der Waals surface area contributed by atoms with Crippen LogP contribution in [0.3, 0.4) is 0 Å². The van der Waals surface area contributed by atoms with Gasteiger partial charge in [-0.25, -0.2) is 0 Å². The Morgan fingerprint density at radius 3 is 2.93 bits per heavy atom. The fraction of sp³-hybridized carbons (Fsp3) is 0. The summed E-state index contributed by atoms with van der Waals surface area (Å²) < 4.78 is 1.90. The molecule has 0 saturated carbocycles. The second kappa shape index (κ2) is 2.92. The van der Waals surface area contributed by atoms with E-state index in [1.54, 1.807) is 24.5 Å². The van der Waals surface area contributed by atoms with Crippen LogP contribution in [-0.4, -0.2) is 9.38 Å². The molecule has 0 aliphatic carbocycles. The molecule has 0 bridgehead atoms. The molecule has 15 heavy (non-hydrogen) atoms. The van der Waals surface area contributed by atoms with Gasteiger partial charge in [-0.3, -0.25) is 9.78 Å². The molecule has 3 rings (SSSR count). The number of hydrogen-bond donors (Lipinski definition) is 0. The van der Waals surface area contributed by atoms with E-state index in [0.29, 0.717) is 0 Å². The maximum atomic E-state index is 11.3.